The summed E-state index contributed by atoms with van der Waals surface area (Å²) in [6.45, 7) is 8.23. The molecule has 0 bridgehead atoms. The molecular formula is C21H31N5OS. The Bertz CT molecular complexity index is 793. The first-order valence-corrected chi connectivity index (χ1v) is 11.4. The van der Waals surface area contributed by atoms with Crippen LogP contribution in [-0.4, -0.2) is 39.8 Å². The number of piperidine rings is 1. The molecule has 1 saturated heterocycles. The van der Waals surface area contributed by atoms with E-state index in [1.807, 2.05) is 0 Å². The summed E-state index contributed by atoms with van der Waals surface area (Å²) < 4.78 is 2.15. The molecule has 0 atom stereocenters. The third-order valence-electron chi connectivity index (χ3n) is 6.36. The molecule has 0 aromatic carbocycles. The van der Waals surface area contributed by atoms with Gasteiger partial charge in [-0.3, -0.25) is 9.36 Å². The SMILES string of the molecule is Cc1ccc(C)n1-c1nnc(N2CCC(C(=O)NC3CCC(C)CC3)CC2)s1. The van der Waals surface area contributed by atoms with Gasteiger partial charge in [0.05, 0.1) is 0 Å². The molecule has 0 unspecified atom stereocenters. The van der Waals surface area contributed by atoms with Crippen LogP contribution >= 0.6 is 11.3 Å². The van der Waals surface area contributed by atoms with Crippen molar-refractivity contribution in [3.8, 4) is 5.13 Å². The highest BCUT2D eigenvalue weighted by atomic mass is 32.1. The maximum Gasteiger partial charge on any atom is 0.223 e. The lowest BCUT2D eigenvalue weighted by Crippen LogP contribution is -2.44. The maximum atomic E-state index is 12.7. The van der Waals surface area contributed by atoms with E-state index < -0.39 is 0 Å². The maximum absolute atomic E-state index is 12.7. The smallest absolute Gasteiger partial charge is 0.223 e. The Hall–Kier alpha value is -1.89. The van der Waals surface area contributed by atoms with Gasteiger partial charge in [0.15, 0.2) is 0 Å². The molecule has 1 aliphatic heterocycles. The number of hydrogen-bond donors (Lipinski definition) is 1. The Labute approximate surface area is 171 Å². The van der Waals surface area contributed by atoms with E-state index in [0.717, 1.165) is 55.0 Å². The summed E-state index contributed by atoms with van der Waals surface area (Å²) in [5.41, 5.74) is 2.35. The van der Waals surface area contributed by atoms with Crippen molar-refractivity contribution >= 4 is 22.4 Å². The van der Waals surface area contributed by atoms with Gasteiger partial charge in [-0.2, -0.15) is 0 Å². The van der Waals surface area contributed by atoms with Crippen molar-refractivity contribution in [1.82, 2.24) is 20.1 Å². The molecule has 4 rings (SSSR count). The fraction of sp³-hybridized carbons (Fsp3) is 0.667. The van der Waals surface area contributed by atoms with Crippen LogP contribution in [0.2, 0.25) is 0 Å². The quantitative estimate of drug-likeness (QED) is 0.845. The van der Waals surface area contributed by atoms with Crippen LogP contribution in [0.15, 0.2) is 12.1 Å². The van der Waals surface area contributed by atoms with Crippen LogP contribution in [0.4, 0.5) is 5.13 Å². The van der Waals surface area contributed by atoms with Crippen molar-refractivity contribution in [1.29, 1.82) is 0 Å². The Balaban J connectivity index is 1.31. The van der Waals surface area contributed by atoms with Crippen LogP contribution in [0.1, 0.15) is 56.8 Å². The molecule has 6 nitrogen and oxygen atoms in total. The molecule has 0 radical (unpaired) electrons. The number of aromatic nitrogens is 3. The predicted octanol–water partition coefficient (Wildman–Crippen LogP) is 3.86. The summed E-state index contributed by atoms with van der Waals surface area (Å²) in [6.07, 6.45) is 6.54. The molecule has 2 aliphatic rings. The average Bonchev–Trinajstić information content (AvgIpc) is 3.30. The molecular weight excluding hydrogens is 370 g/mol. The van der Waals surface area contributed by atoms with Gasteiger partial charge in [-0.25, -0.2) is 0 Å². The molecule has 2 aromatic heterocycles. The minimum absolute atomic E-state index is 0.136. The van der Waals surface area contributed by atoms with E-state index in [0.29, 0.717) is 6.04 Å². The van der Waals surface area contributed by atoms with Crippen LogP contribution in [0, 0.1) is 25.7 Å². The van der Waals surface area contributed by atoms with Crippen molar-refractivity contribution in [2.24, 2.45) is 11.8 Å². The molecule has 152 valence electrons. The number of carbonyl (C=O) groups excluding carboxylic acids is 1. The second-order valence-corrected chi connectivity index (χ2v) is 9.48. The van der Waals surface area contributed by atoms with Gasteiger partial charge >= 0.3 is 0 Å². The Kier molecular flexibility index (Phi) is 5.71. The summed E-state index contributed by atoms with van der Waals surface area (Å²) in [5, 5.41) is 14.0. The molecule has 1 N–H and O–H groups in total. The van der Waals surface area contributed by atoms with Gasteiger partial charge in [-0.05, 0) is 70.4 Å². The Morgan fingerprint density at radius 3 is 2.25 bits per heavy atom. The van der Waals surface area contributed by atoms with Gasteiger partial charge in [0.2, 0.25) is 16.2 Å². The monoisotopic (exact) mass is 401 g/mol. The second-order valence-electron chi connectivity index (χ2n) is 8.55. The molecule has 1 saturated carbocycles. The van der Waals surface area contributed by atoms with Crippen LogP contribution in [-0.2, 0) is 4.79 Å². The van der Waals surface area contributed by atoms with Gasteiger partial charge in [-0.1, -0.05) is 18.3 Å². The summed E-state index contributed by atoms with van der Waals surface area (Å²) in [5.74, 6) is 1.21. The number of hydrogen-bond acceptors (Lipinski definition) is 5. The van der Waals surface area contributed by atoms with Crippen LogP contribution in [0.5, 0.6) is 0 Å². The van der Waals surface area contributed by atoms with Gasteiger partial charge in [0, 0.05) is 36.4 Å². The van der Waals surface area contributed by atoms with Crippen molar-refractivity contribution in [2.45, 2.75) is 65.3 Å². The van der Waals surface area contributed by atoms with Gasteiger partial charge in [0.1, 0.15) is 0 Å². The molecule has 0 spiro atoms. The van der Waals surface area contributed by atoms with E-state index in [1.54, 1.807) is 11.3 Å². The number of anilines is 1. The minimum atomic E-state index is 0.136. The Morgan fingerprint density at radius 2 is 1.61 bits per heavy atom. The lowest BCUT2D eigenvalue weighted by Gasteiger charge is -2.33. The van der Waals surface area contributed by atoms with Crippen LogP contribution < -0.4 is 10.2 Å². The topological polar surface area (TPSA) is 63.1 Å². The third-order valence-corrected chi connectivity index (χ3v) is 7.33. The van der Waals surface area contributed by atoms with Gasteiger partial charge < -0.3 is 10.2 Å². The predicted molar refractivity (Wildman–Crippen MR) is 113 cm³/mol. The molecule has 2 aromatic rings. The third kappa shape index (κ3) is 4.09. The average molecular weight is 402 g/mol. The second kappa shape index (κ2) is 8.23. The number of rotatable bonds is 4. The minimum Gasteiger partial charge on any atom is -0.353 e. The van der Waals surface area contributed by atoms with E-state index >= 15 is 0 Å². The molecule has 2 fully saturated rings. The number of aryl methyl sites for hydroxylation is 2. The molecule has 3 heterocycles. The van der Waals surface area contributed by atoms with Crippen molar-refractivity contribution in [2.75, 3.05) is 18.0 Å². The summed E-state index contributed by atoms with van der Waals surface area (Å²) in [6, 6.07) is 4.60. The van der Waals surface area contributed by atoms with E-state index in [9.17, 15) is 4.79 Å². The normalized spacial score (nSPS) is 23.8. The van der Waals surface area contributed by atoms with E-state index in [2.05, 4.69) is 57.9 Å². The number of carbonyl (C=O) groups is 1. The van der Waals surface area contributed by atoms with Crippen molar-refractivity contribution < 1.29 is 4.79 Å². The van der Waals surface area contributed by atoms with Crippen LogP contribution in [0.3, 0.4) is 0 Å². The number of nitrogens with zero attached hydrogens (tertiary/aromatic N) is 4. The number of nitrogens with one attached hydrogen (secondary N) is 1. The molecule has 1 aliphatic carbocycles. The van der Waals surface area contributed by atoms with E-state index in [-0.39, 0.29) is 11.8 Å². The first-order chi connectivity index (χ1) is 13.5. The van der Waals surface area contributed by atoms with E-state index in [4.69, 9.17) is 0 Å². The fourth-order valence-corrected chi connectivity index (χ4v) is 5.47. The standard InChI is InChI=1S/C21H31N5OS/c1-14-4-8-18(9-5-14)22-19(27)17-10-12-25(13-11-17)20-23-24-21(28-20)26-15(2)6-7-16(26)3/h6-7,14,17-18H,4-5,8-13H2,1-3H3,(H,22,27). The molecule has 28 heavy (non-hydrogen) atoms. The largest absolute Gasteiger partial charge is 0.353 e. The van der Waals surface area contributed by atoms with Gasteiger partial charge in [-0.15, -0.1) is 10.2 Å². The van der Waals surface area contributed by atoms with E-state index in [1.165, 1.54) is 24.2 Å². The zero-order valence-corrected chi connectivity index (χ0v) is 18.0. The molecule has 7 heteroatoms. The summed E-state index contributed by atoms with van der Waals surface area (Å²) >= 11 is 1.63. The van der Waals surface area contributed by atoms with Crippen molar-refractivity contribution in [3.63, 3.8) is 0 Å². The fourth-order valence-electron chi connectivity index (χ4n) is 4.45. The molecule has 1 amide bonds. The number of amides is 1. The Morgan fingerprint density at radius 1 is 1.00 bits per heavy atom. The first-order valence-electron chi connectivity index (χ1n) is 10.6. The summed E-state index contributed by atoms with van der Waals surface area (Å²) in [4.78, 5) is 14.9. The highest BCUT2D eigenvalue weighted by Crippen LogP contribution is 2.30. The zero-order chi connectivity index (χ0) is 19.7. The highest BCUT2D eigenvalue weighted by molar-refractivity contribution is 7.17. The van der Waals surface area contributed by atoms with Gasteiger partial charge in [0.25, 0.3) is 0 Å². The van der Waals surface area contributed by atoms with Crippen molar-refractivity contribution in [3.05, 3.63) is 23.5 Å². The first kappa shape index (κ1) is 19.4. The highest BCUT2D eigenvalue weighted by Gasteiger charge is 2.29. The van der Waals surface area contributed by atoms with Crippen LogP contribution in [0.25, 0.3) is 5.13 Å². The zero-order valence-electron chi connectivity index (χ0n) is 17.1. The lowest BCUT2D eigenvalue weighted by molar-refractivity contribution is -0.126. The lowest BCUT2D eigenvalue weighted by atomic mass is 9.86. The summed E-state index contributed by atoms with van der Waals surface area (Å²) in [7, 11) is 0.